The Morgan fingerprint density at radius 3 is 2.72 bits per heavy atom. The highest BCUT2D eigenvalue weighted by atomic mass is 32.1. The summed E-state index contributed by atoms with van der Waals surface area (Å²) in [7, 11) is 5.01. The maximum atomic E-state index is 13.2. The Bertz CT molecular complexity index is 1210. The Labute approximate surface area is 191 Å². The van der Waals surface area contributed by atoms with Crippen molar-refractivity contribution < 1.29 is 14.3 Å². The number of likely N-dealkylation sites (N-methyl/N-ethyl adjacent to an activating group) is 1. The monoisotopic (exact) mass is 455 g/mol. The normalized spacial score (nSPS) is 13.5. The minimum atomic E-state index is -0.0782. The number of amides is 1. The molecule has 0 bridgehead atoms. The molecule has 1 aromatic carbocycles. The first kappa shape index (κ1) is 22.3. The van der Waals surface area contributed by atoms with Gasteiger partial charge >= 0.3 is 0 Å². The number of carbonyl (C=O) groups excluding carboxylic acids is 1. The van der Waals surface area contributed by atoms with E-state index in [9.17, 15) is 9.59 Å². The molecule has 0 fully saturated rings. The lowest BCUT2D eigenvalue weighted by molar-refractivity contribution is 0.0801. The number of aromatic nitrogens is 2. The van der Waals surface area contributed by atoms with Crippen molar-refractivity contribution in [3.05, 3.63) is 50.4 Å². The second kappa shape index (κ2) is 9.32. The fraction of sp³-hybridized carbons (Fsp3) is 0.458. The molecule has 0 unspecified atom stereocenters. The number of thiophene rings is 1. The lowest BCUT2D eigenvalue weighted by Crippen LogP contribution is -2.29. The van der Waals surface area contributed by atoms with Gasteiger partial charge in [0.05, 0.1) is 24.5 Å². The Kier molecular flexibility index (Phi) is 6.50. The van der Waals surface area contributed by atoms with Gasteiger partial charge in [-0.05, 0) is 49.4 Å². The van der Waals surface area contributed by atoms with Crippen LogP contribution < -0.4 is 15.0 Å². The molecule has 1 amide bonds. The van der Waals surface area contributed by atoms with Gasteiger partial charge in [-0.1, -0.05) is 12.5 Å². The fourth-order valence-corrected chi connectivity index (χ4v) is 5.41. The summed E-state index contributed by atoms with van der Waals surface area (Å²) in [5.74, 6) is 2.12. The van der Waals surface area contributed by atoms with E-state index >= 15 is 0 Å². The molecule has 8 heteroatoms. The highest BCUT2D eigenvalue weighted by Crippen LogP contribution is 2.30. The maximum absolute atomic E-state index is 13.2. The van der Waals surface area contributed by atoms with Crippen LogP contribution in [0.15, 0.2) is 23.0 Å². The average Bonchev–Trinajstić information content (AvgIpc) is 2.97. The molecule has 0 spiro atoms. The summed E-state index contributed by atoms with van der Waals surface area (Å²) >= 11 is 1.33. The highest BCUT2D eigenvalue weighted by Gasteiger charge is 2.24. The molecule has 32 heavy (non-hydrogen) atoms. The number of aryl methyl sites for hydroxylation is 2. The molecule has 2 aromatic heterocycles. The zero-order valence-corrected chi connectivity index (χ0v) is 19.9. The minimum Gasteiger partial charge on any atom is -0.493 e. The standard InChI is InChI=1S/C24H29N3O4S/c1-15-20-22(25-19-8-6-5-7-12-27(19)23(20)28)32-21(15)24(29)26(2)13-11-16-9-10-17(30-3)18(14-16)31-4/h9-10,14H,5-8,11-13H2,1-4H3. The van der Waals surface area contributed by atoms with Gasteiger partial charge in [-0.25, -0.2) is 4.98 Å². The lowest BCUT2D eigenvalue weighted by atomic mass is 10.1. The van der Waals surface area contributed by atoms with E-state index in [0.717, 1.165) is 42.6 Å². The number of nitrogens with zero attached hydrogens (tertiary/aromatic N) is 3. The minimum absolute atomic E-state index is 0.00678. The summed E-state index contributed by atoms with van der Waals surface area (Å²) in [5.41, 5.74) is 1.79. The van der Waals surface area contributed by atoms with E-state index < -0.39 is 0 Å². The first-order valence-electron chi connectivity index (χ1n) is 10.9. The number of fused-ring (bicyclic) bond motifs is 2. The molecule has 0 N–H and O–H groups in total. The van der Waals surface area contributed by atoms with E-state index in [0.29, 0.717) is 46.1 Å². The average molecular weight is 456 g/mol. The van der Waals surface area contributed by atoms with Crippen LogP contribution in [0.3, 0.4) is 0 Å². The van der Waals surface area contributed by atoms with Gasteiger partial charge in [0.15, 0.2) is 11.5 Å². The van der Waals surface area contributed by atoms with E-state index in [-0.39, 0.29) is 11.5 Å². The zero-order chi connectivity index (χ0) is 22.8. The van der Waals surface area contributed by atoms with Gasteiger partial charge in [-0.2, -0.15) is 0 Å². The van der Waals surface area contributed by atoms with Crippen LogP contribution in [0.4, 0.5) is 0 Å². The Balaban J connectivity index is 1.56. The summed E-state index contributed by atoms with van der Waals surface area (Å²) in [6, 6.07) is 5.78. The van der Waals surface area contributed by atoms with Crippen molar-refractivity contribution in [3.63, 3.8) is 0 Å². The number of rotatable bonds is 6. The molecular formula is C24H29N3O4S. The number of methoxy groups -OCH3 is 2. The third kappa shape index (κ3) is 4.11. The van der Waals surface area contributed by atoms with Gasteiger partial charge in [0.1, 0.15) is 10.7 Å². The molecule has 0 saturated carbocycles. The fourth-order valence-electron chi connectivity index (χ4n) is 4.22. The van der Waals surface area contributed by atoms with Crippen LogP contribution in [-0.2, 0) is 19.4 Å². The molecule has 0 aliphatic carbocycles. The molecular weight excluding hydrogens is 426 g/mol. The quantitative estimate of drug-likeness (QED) is 0.565. The van der Waals surface area contributed by atoms with E-state index in [4.69, 9.17) is 14.5 Å². The summed E-state index contributed by atoms with van der Waals surface area (Å²) in [4.78, 5) is 34.1. The van der Waals surface area contributed by atoms with E-state index in [1.807, 2.05) is 29.7 Å². The predicted molar refractivity (Wildman–Crippen MR) is 126 cm³/mol. The lowest BCUT2D eigenvalue weighted by Gasteiger charge is -2.17. The van der Waals surface area contributed by atoms with Crippen molar-refractivity contribution >= 4 is 27.5 Å². The number of ether oxygens (including phenoxy) is 2. The second-order valence-electron chi connectivity index (χ2n) is 8.20. The van der Waals surface area contributed by atoms with Crippen molar-refractivity contribution in [3.8, 4) is 11.5 Å². The summed E-state index contributed by atoms with van der Waals surface area (Å²) in [6.45, 7) is 3.12. The second-order valence-corrected chi connectivity index (χ2v) is 9.20. The molecule has 7 nitrogen and oxygen atoms in total. The topological polar surface area (TPSA) is 73.7 Å². The van der Waals surface area contributed by atoms with Crippen LogP contribution in [0.25, 0.3) is 10.2 Å². The molecule has 0 atom stereocenters. The molecule has 0 saturated heterocycles. The van der Waals surface area contributed by atoms with Crippen LogP contribution in [0, 0.1) is 6.92 Å². The molecule has 3 aromatic rings. The number of carbonyl (C=O) groups is 1. The molecule has 0 radical (unpaired) electrons. The molecule has 3 heterocycles. The third-order valence-corrected chi connectivity index (χ3v) is 7.31. The Morgan fingerprint density at radius 1 is 1.19 bits per heavy atom. The summed E-state index contributed by atoms with van der Waals surface area (Å²) < 4.78 is 12.5. The van der Waals surface area contributed by atoms with Gasteiger partial charge < -0.3 is 14.4 Å². The van der Waals surface area contributed by atoms with Gasteiger partial charge in [0.2, 0.25) is 0 Å². The van der Waals surface area contributed by atoms with Gasteiger partial charge in [0, 0.05) is 26.6 Å². The largest absolute Gasteiger partial charge is 0.493 e. The van der Waals surface area contributed by atoms with Crippen molar-refractivity contribution in [2.75, 3.05) is 27.8 Å². The zero-order valence-electron chi connectivity index (χ0n) is 19.1. The predicted octanol–water partition coefficient (Wildman–Crippen LogP) is 3.82. The van der Waals surface area contributed by atoms with Crippen molar-refractivity contribution in [2.45, 2.75) is 45.6 Å². The Hall–Kier alpha value is -2.87. The van der Waals surface area contributed by atoms with E-state index in [1.54, 1.807) is 26.2 Å². The smallest absolute Gasteiger partial charge is 0.264 e. The van der Waals surface area contributed by atoms with Crippen LogP contribution in [-0.4, -0.2) is 48.2 Å². The molecule has 4 rings (SSSR count). The molecule has 1 aliphatic rings. The first-order chi connectivity index (χ1) is 15.4. The SMILES string of the molecule is COc1ccc(CCN(C)C(=O)c2sc3nc4n(c(=O)c3c2C)CCCCC4)cc1OC. The van der Waals surface area contributed by atoms with Gasteiger partial charge in [-0.3, -0.25) is 14.2 Å². The number of hydrogen-bond acceptors (Lipinski definition) is 6. The van der Waals surface area contributed by atoms with Crippen LogP contribution in [0.2, 0.25) is 0 Å². The van der Waals surface area contributed by atoms with Gasteiger partial charge in [0.25, 0.3) is 11.5 Å². The molecule has 1 aliphatic heterocycles. The molecule has 170 valence electrons. The maximum Gasteiger partial charge on any atom is 0.264 e. The van der Waals surface area contributed by atoms with E-state index in [2.05, 4.69) is 0 Å². The third-order valence-electron chi connectivity index (χ3n) is 6.14. The number of hydrogen-bond donors (Lipinski definition) is 0. The van der Waals surface area contributed by atoms with Crippen LogP contribution in [0.5, 0.6) is 11.5 Å². The first-order valence-corrected chi connectivity index (χ1v) is 11.8. The van der Waals surface area contributed by atoms with Crippen LogP contribution >= 0.6 is 11.3 Å². The van der Waals surface area contributed by atoms with Gasteiger partial charge in [-0.15, -0.1) is 11.3 Å². The van der Waals surface area contributed by atoms with Crippen molar-refractivity contribution in [1.82, 2.24) is 14.5 Å². The Morgan fingerprint density at radius 2 is 1.97 bits per heavy atom. The highest BCUT2D eigenvalue weighted by molar-refractivity contribution is 7.20. The summed E-state index contributed by atoms with van der Waals surface area (Å²) in [6.07, 6.45) is 4.66. The summed E-state index contributed by atoms with van der Waals surface area (Å²) in [5, 5.41) is 0.595. The van der Waals surface area contributed by atoms with Crippen molar-refractivity contribution in [2.24, 2.45) is 0 Å². The number of benzene rings is 1. The van der Waals surface area contributed by atoms with Crippen molar-refractivity contribution in [1.29, 1.82) is 0 Å². The van der Waals surface area contributed by atoms with E-state index in [1.165, 1.54) is 11.3 Å². The van der Waals surface area contributed by atoms with Crippen LogP contribution in [0.1, 0.15) is 45.9 Å².